The molecule has 2 aromatic carbocycles. The van der Waals surface area contributed by atoms with Gasteiger partial charge in [0.1, 0.15) is 5.75 Å². The van der Waals surface area contributed by atoms with E-state index in [2.05, 4.69) is 15.2 Å². The highest BCUT2D eigenvalue weighted by Crippen LogP contribution is 2.24. The molecule has 0 atom stereocenters. The van der Waals surface area contributed by atoms with E-state index in [1.54, 1.807) is 24.5 Å². The molecule has 0 unspecified atom stereocenters. The number of piperazine rings is 1. The zero-order chi connectivity index (χ0) is 17.9. The highest BCUT2D eigenvalue weighted by Gasteiger charge is 2.21. The van der Waals surface area contributed by atoms with E-state index in [1.165, 1.54) is 0 Å². The van der Waals surface area contributed by atoms with Gasteiger partial charge < -0.3 is 20.2 Å². The molecule has 6 heteroatoms. The van der Waals surface area contributed by atoms with Crippen LogP contribution < -0.4 is 10.2 Å². The summed E-state index contributed by atoms with van der Waals surface area (Å²) in [4.78, 5) is 20.8. The second-order valence-corrected chi connectivity index (χ2v) is 6.33. The Morgan fingerprint density at radius 1 is 1.04 bits per heavy atom. The Bertz CT molecular complexity index is 931. The molecule has 0 radical (unpaired) electrons. The van der Waals surface area contributed by atoms with Crippen molar-refractivity contribution in [2.75, 3.05) is 36.4 Å². The number of anilines is 2. The number of aromatic nitrogens is 1. The highest BCUT2D eigenvalue weighted by molar-refractivity contribution is 6.01. The fourth-order valence-corrected chi connectivity index (χ4v) is 3.28. The molecule has 0 saturated carbocycles. The minimum atomic E-state index is -0.0927. The number of phenolic OH excluding ortho intramolecular Hbond substituents is 1. The van der Waals surface area contributed by atoms with Gasteiger partial charge in [-0.15, -0.1) is 0 Å². The third-order valence-electron chi connectivity index (χ3n) is 4.68. The predicted molar refractivity (Wildman–Crippen MR) is 103 cm³/mol. The molecule has 0 bridgehead atoms. The molecule has 1 fully saturated rings. The van der Waals surface area contributed by atoms with Gasteiger partial charge in [0, 0.05) is 61.1 Å². The number of benzene rings is 2. The topological polar surface area (TPSA) is 68.7 Å². The molecule has 1 saturated heterocycles. The summed E-state index contributed by atoms with van der Waals surface area (Å²) in [5, 5.41) is 14.6. The lowest BCUT2D eigenvalue weighted by Crippen LogP contribution is -2.50. The van der Waals surface area contributed by atoms with Gasteiger partial charge >= 0.3 is 6.03 Å². The lowest BCUT2D eigenvalue weighted by molar-refractivity contribution is 0.208. The van der Waals surface area contributed by atoms with Crippen LogP contribution in [0.1, 0.15) is 0 Å². The molecule has 1 aliphatic rings. The molecule has 3 aromatic rings. The summed E-state index contributed by atoms with van der Waals surface area (Å²) in [5.74, 6) is 0.258. The maximum absolute atomic E-state index is 12.6. The molecule has 4 rings (SSSR count). The van der Waals surface area contributed by atoms with Gasteiger partial charge in [0.15, 0.2) is 0 Å². The van der Waals surface area contributed by atoms with Gasteiger partial charge in [-0.1, -0.05) is 18.2 Å². The van der Waals surface area contributed by atoms with Crippen LogP contribution >= 0.6 is 0 Å². The zero-order valence-electron chi connectivity index (χ0n) is 14.3. The Labute approximate surface area is 151 Å². The highest BCUT2D eigenvalue weighted by atomic mass is 16.3. The summed E-state index contributed by atoms with van der Waals surface area (Å²) in [6.45, 7) is 2.73. The Morgan fingerprint density at radius 3 is 2.65 bits per heavy atom. The lowest BCUT2D eigenvalue weighted by atomic mass is 10.1. The molecule has 0 aliphatic carbocycles. The molecule has 26 heavy (non-hydrogen) atoms. The van der Waals surface area contributed by atoms with Crippen molar-refractivity contribution in [3.8, 4) is 5.75 Å². The summed E-state index contributed by atoms with van der Waals surface area (Å²) in [5.41, 5.74) is 1.77. The Balaban J connectivity index is 1.42. The number of carbonyl (C=O) groups excluding carboxylic acids is 1. The zero-order valence-corrected chi connectivity index (χ0v) is 14.3. The number of fused-ring (bicyclic) bond motifs is 1. The van der Waals surface area contributed by atoms with E-state index in [9.17, 15) is 9.90 Å². The van der Waals surface area contributed by atoms with E-state index >= 15 is 0 Å². The minimum Gasteiger partial charge on any atom is -0.508 e. The minimum absolute atomic E-state index is 0.0927. The van der Waals surface area contributed by atoms with E-state index in [0.29, 0.717) is 13.1 Å². The van der Waals surface area contributed by atoms with Crippen LogP contribution in [0, 0.1) is 0 Å². The van der Waals surface area contributed by atoms with E-state index in [4.69, 9.17) is 0 Å². The fraction of sp³-hybridized carbons (Fsp3) is 0.200. The smallest absolute Gasteiger partial charge is 0.321 e. The number of nitrogens with zero attached hydrogens (tertiary/aromatic N) is 3. The van der Waals surface area contributed by atoms with Gasteiger partial charge in [-0.25, -0.2) is 4.79 Å². The van der Waals surface area contributed by atoms with Crippen molar-refractivity contribution in [2.45, 2.75) is 0 Å². The van der Waals surface area contributed by atoms with Crippen molar-refractivity contribution in [1.82, 2.24) is 9.88 Å². The number of phenols is 1. The average Bonchev–Trinajstić information content (AvgIpc) is 2.68. The first-order valence-electron chi connectivity index (χ1n) is 8.63. The third-order valence-corrected chi connectivity index (χ3v) is 4.68. The van der Waals surface area contributed by atoms with Gasteiger partial charge in [0.25, 0.3) is 0 Å². The van der Waals surface area contributed by atoms with Crippen LogP contribution in [0.2, 0.25) is 0 Å². The second kappa shape index (κ2) is 6.92. The molecule has 1 aliphatic heterocycles. The monoisotopic (exact) mass is 348 g/mol. The molecule has 2 N–H and O–H groups in total. The van der Waals surface area contributed by atoms with Crippen LogP contribution in [0.3, 0.4) is 0 Å². The summed E-state index contributed by atoms with van der Waals surface area (Å²) < 4.78 is 0. The van der Waals surface area contributed by atoms with Crippen molar-refractivity contribution >= 4 is 28.2 Å². The second-order valence-electron chi connectivity index (χ2n) is 6.33. The number of amides is 2. The number of hydrogen-bond donors (Lipinski definition) is 2. The molecular formula is C20H20N4O2. The predicted octanol–water partition coefficient (Wildman–Crippen LogP) is 3.29. The standard InChI is InChI=1S/C20H20N4O2/c25-17-5-2-4-16(13-17)23-9-11-24(12-10-23)20(26)22-19-6-1-3-15-14-21-8-7-18(15)19/h1-8,13-14,25H,9-12H2,(H,22,26). The Kier molecular flexibility index (Phi) is 4.31. The van der Waals surface area contributed by atoms with Crippen molar-refractivity contribution in [3.63, 3.8) is 0 Å². The van der Waals surface area contributed by atoms with E-state index in [0.717, 1.165) is 35.2 Å². The maximum atomic E-state index is 12.6. The summed E-state index contributed by atoms with van der Waals surface area (Å²) in [7, 11) is 0. The van der Waals surface area contributed by atoms with E-state index in [-0.39, 0.29) is 11.8 Å². The first-order chi connectivity index (χ1) is 12.7. The van der Waals surface area contributed by atoms with Crippen molar-refractivity contribution in [2.24, 2.45) is 0 Å². The lowest BCUT2D eigenvalue weighted by Gasteiger charge is -2.36. The molecule has 132 valence electrons. The number of aromatic hydroxyl groups is 1. The molecule has 6 nitrogen and oxygen atoms in total. The van der Waals surface area contributed by atoms with Crippen LogP contribution in [0.25, 0.3) is 10.8 Å². The third kappa shape index (κ3) is 3.26. The van der Waals surface area contributed by atoms with Crippen molar-refractivity contribution in [3.05, 3.63) is 60.9 Å². The van der Waals surface area contributed by atoms with Gasteiger partial charge in [-0.05, 0) is 24.3 Å². The normalized spacial score (nSPS) is 14.5. The summed E-state index contributed by atoms with van der Waals surface area (Å²) in [6, 6.07) is 14.8. The van der Waals surface area contributed by atoms with Crippen LogP contribution in [0.15, 0.2) is 60.9 Å². The van der Waals surface area contributed by atoms with E-state index in [1.807, 2.05) is 41.3 Å². The maximum Gasteiger partial charge on any atom is 0.321 e. The molecule has 0 spiro atoms. The largest absolute Gasteiger partial charge is 0.508 e. The summed E-state index contributed by atoms with van der Waals surface area (Å²) >= 11 is 0. The molecule has 1 aromatic heterocycles. The summed E-state index contributed by atoms with van der Waals surface area (Å²) in [6.07, 6.45) is 3.52. The first-order valence-corrected chi connectivity index (χ1v) is 8.63. The van der Waals surface area contributed by atoms with Gasteiger partial charge in [-0.2, -0.15) is 0 Å². The number of carbonyl (C=O) groups is 1. The van der Waals surface area contributed by atoms with Crippen LogP contribution in [-0.4, -0.2) is 47.2 Å². The van der Waals surface area contributed by atoms with Crippen molar-refractivity contribution in [1.29, 1.82) is 0 Å². The van der Waals surface area contributed by atoms with Crippen LogP contribution in [-0.2, 0) is 0 Å². The quantitative estimate of drug-likeness (QED) is 0.746. The van der Waals surface area contributed by atoms with E-state index < -0.39 is 0 Å². The number of rotatable bonds is 2. The molecule has 2 heterocycles. The first kappa shape index (κ1) is 16.2. The van der Waals surface area contributed by atoms with Crippen LogP contribution in [0.5, 0.6) is 5.75 Å². The fourth-order valence-electron chi connectivity index (χ4n) is 3.28. The Hall–Kier alpha value is -3.28. The van der Waals surface area contributed by atoms with Gasteiger partial charge in [0.05, 0.1) is 5.69 Å². The van der Waals surface area contributed by atoms with Gasteiger partial charge in [-0.3, -0.25) is 4.98 Å². The average molecular weight is 348 g/mol. The SMILES string of the molecule is O=C(Nc1cccc2cnccc12)N1CCN(c2cccc(O)c2)CC1. The van der Waals surface area contributed by atoms with Crippen molar-refractivity contribution < 1.29 is 9.90 Å². The number of nitrogens with one attached hydrogen (secondary N) is 1. The molecular weight excluding hydrogens is 328 g/mol. The molecule has 2 amide bonds. The van der Waals surface area contributed by atoms with Crippen LogP contribution in [0.4, 0.5) is 16.2 Å². The van der Waals surface area contributed by atoms with Gasteiger partial charge in [0.2, 0.25) is 0 Å². The Morgan fingerprint density at radius 2 is 1.85 bits per heavy atom. The number of urea groups is 1. The number of pyridine rings is 1. The number of hydrogen-bond acceptors (Lipinski definition) is 4.